The lowest BCUT2D eigenvalue weighted by Gasteiger charge is -2.20. The first-order valence-electron chi connectivity index (χ1n) is 5.45. The maximum absolute atomic E-state index is 12.0. The lowest BCUT2D eigenvalue weighted by Crippen LogP contribution is -2.32. The molecule has 7 heteroatoms. The van der Waals surface area contributed by atoms with Crippen LogP contribution in [0.25, 0.3) is 0 Å². The molecule has 1 aromatic heterocycles. The minimum absolute atomic E-state index is 0.0709. The molecule has 0 unspecified atom stereocenters. The van der Waals surface area contributed by atoms with Gasteiger partial charge in [-0.25, -0.2) is 0 Å². The second-order valence-electron chi connectivity index (χ2n) is 3.66. The first-order chi connectivity index (χ1) is 9.02. The molecule has 0 saturated carbocycles. The van der Waals surface area contributed by atoms with E-state index in [4.69, 9.17) is 16.7 Å². The fourth-order valence-corrected chi connectivity index (χ4v) is 3.09. The fraction of sp³-hybridized carbons (Fsp3) is 0.333. The summed E-state index contributed by atoms with van der Waals surface area (Å²) in [6, 6.07) is 3.66. The summed E-state index contributed by atoms with van der Waals surface area (Å²) >= 11 is 8.36. The largest absolute Gasteiger partial charge is 0.481 e. The molecule has 0 bridgehead atoms. The third-order valence-corrected chi connectivity index (χ3v) is 4.25. The predicted molar refractivity (Wildman–Crippen MR) is 79.9 cm³/mol. The van der Waals surface area contributed by atoms with Crippen LogP contribution in [0.5, 0.6) is 0 Å². The van der Waals surface area contributed by atoms with Crippen molar-refractivity contribution in [3.63, 3.8) is 0 Å². The number of carboxylic acid groups (broad SMARTS) is 1. The molecule has 1 amide bonds. The van der Waals surface area contributed by atoms with Gasteiger partial charge in [-0.05, 0) is 12.1 Å². The van der Waals surface area contributed by atoms with Crippen molar-refractivity contribution >= 4 is 46.6 Å². The average Bonchev–Trinajstić information content (AvgIpc) is 2.73. The normalized spacial score (nSPS) is 10.2. The van der Waals surface area contributed by atoms with Crippen LogP contribution < -0.4 is 0 Å². The SMILES string of the molecule is C=CCN(Cc1ccc(Cl)s1)C(=O)CSCC(=O)O. The summed E-state index contributed by atoms with van der Waals surface area (Å²) in [6.07, 6.45) is 1.65. The Balaban J connectivity index is 2.53. The monoisotopic (exact) mass is 319 g/mol. The maximum atomic E-state index is 12.0. The molecule has 1 aromatic rings. The smallest absolute Gasteiger partial charge is 0.313 e. The molecule has 0 radical (unpaired) electrons. The van der Waals surface area contributed by atoms with E-state index in [9.17, 15) is 9.59 Å². The molecule has 1 heterocycles. The molecule has 0 aliphatic rings. The highest BCUT2D eigenvalue weighted by Gasteiger charge is 2.14. The van der Waals surface area contributed by atoms with Crippen LogP contribution in [-0.2, 0) is 16.1 Å². The average molecular weight is 320 g/mol. The third-order valence-electron chi connectivity index (χ3n) is 2.13. The molecule has 0 aromatic carbocycles. The number of carbonyl (C=O) groups is 2. The Morgan fingerprint density at radius 3 is 2.74 bits per heavy atom. The number of thioether (sulfide) groups is 1. The van der Waals surface area contributed by atoms with Gasteiger partial charge in [0.2, 0.25) is 5.91 Å². The molecule has 0 aliphatic heterocycles. The van der Waals surface area contributed by atoms with E-state index in [2.05, 4.69) is 6.58 Å². The Labute approximate surface area is 125 Å². The van der Waals surface area contributed by atoms with Gasteiger partial charge in [-0.3, -0.25) is 9.59 Å². The van der Waals surface area contributed by atoms with Crippen LogP contribution in [0, 0.1) is 0 Å². The molecule has 0 saturated heterocycles. The van der Waals surface area contributed by atoms with E-state index in [1.165, 1.54) is 11.3 Å². The Hall–Kier alpha value is -0.980. The minimum Gasteiger partial charge on any atom is -0.481 e. The van der Waals surface area contributed by atoms with Crippen LogP contribution in [-0.4, -0.2) is 39.9 Å². The fourth-order valence-electron chi connectivity index (χ4n) is 1.35. The van der Waals surface area contributed by atoms with Crippen molar-refractivity contribution in [2.45, 2.75) is 6.54 Å². The van der Waals surface area contributed by atoms with Crippen molar-refractivity contribution in [1.29, 1.82) is 0 Å². The van der Waals surface area contributed by atoms with Crippen molar-refractivity contribution < 1.29 is 14.7 Å². The lowest BCUT2D eigenvalue weighted by molar-refractivity contribution is -0.133. The van der Waals surface area contributed by atoms with Gasteiger partial charge in [0.15, 0.2) is 0 Å². The molecule has 1 N–H and O–H groups in total. The third kappa shape index (κ3) is 6.13. The molecule has 104 valence electrons. The number of amides is 1. The van der Waals surface area contributed by atoms with Crippen LogP contribution >= 0.6 is 34.7 Å². The number of aliphatic carboxylic acids is 1. The standard InChI is InChI=1S/C12H14ClNO3S2/c1-2-5-14(6-9-3-4-10(13)19-9)11(15)7-18-8-12(16)17/h2-4H,1,5-8H2,(H,16,17). The van der Waals surface area contributed by atoms with Crippen molar-refractivity contribution in [1.82, 2.24) is 4.90 Å². The van der Waals surface area contributed by atoms with E-state index in [0.717, 1.165) is 16.6 Å². The summed E-state index contributed by atoms with van der Waals surface area (Å²) in [5.41, 5.74) is 0. The van der Waals surface area contributed by atoms with Gasteiger partial charge < -0.3 is 10.0 Å². The highest BCUT2D eigenvalue weighted by Crippen LogP contribution is 2.23. The van der Waals surface area contributed by atoms with E-state index in [1.54, 1.807) is 17.0 Å². The van der Waals surface area contributed by atoms with Gasteiger partial charge in [-0.1, -0.05) is 17.7 Å². The first kappa shape index (κ1) is 16.1. The van der Waals surface area contributed by atoms with Gasteiger partial charge in [-0.15, -0.1) is 29.7 Å². The Bertz CT molecular complexity index is 462. The van der Waals surface area contributed by atoms with Crippen LogP contribution in [0.4, 0.5) is 0 Å². The highest BCUT2D eigenvalue weighted by atomic mass is 35.5. The lowest BCUT2D eigenvalue weighted by atomic mass is 10.4. The van der Waals surface area contributed by atoms with Gasteiger partial charge >= 0.3 is 5.97 Å². The Morgan fingerprint density at radius 2 is 2.21 bits per heavy atom. The number of hydrogen-bond donors (Lipinski definition) is 1. The van der Waals surface area contributed by atoms with Crippen LogP contribution in [0.3, 0.4) is 0 Å². The number of carboxylic acids is 1. The summed E-state index contributed by atoms with van der Waals surface area (Å²) in [5.74, 6) is -0.939. The number of thiophene rings is 1. The number of hydrogen-bond acceptors (Lipinski definition) is 4. The molecule has 4 nitrogen and oxygen atoms in total. The van der Waals surface area contributed by atoms with Gasteiger partial charge in [0.1, 0.15) is 0 Å². The molecular weight excluding hydrogens is 306 g/mol. The van der Waals surface area contributed by atoms with Crippen LogP contribution in [0.2, 0.25) is 4.34 Å². The van der Waals surface area contributed by atoms with Gasteiger partial charge in [0.25, 0.3) is 0 Å². The van der Waals surface area contributed by atoms with Crippen molar-refractivity contribution in [2.24, 2.45) is 0 Å². The predicted octanol–water partition coefficient (Wildman–Crippen LogP) is 2.73. The van der Waals surface area contributed by atoms with E-state index in [1.807, 2.05) is 6.07 Å². The second-order valence-corrected chi connectivity index (χ2v) is 6.44. The van der Waals surface area contributed by atoms with Crippen molar-refractivity contribution in [3.8, 4) is 0 Å². The zero-order chi connectivity index (χ0) is 14.3. The molecule has 0 aliphatic carbocycles. The molecule has 0 atom stereocenters. The van der Waals surface area contributed by atoms with Crippen LogP contribution in [0.15, 0.2) is 24.8 Å². The summed E-state index contributed by atoms with van der Waals surface area (Å²) < 4.78 is 0.682. The molecule has 19 heavy (non-hydrogen) atoms. The molecule has 0 spiro atoms. The number of carbonyl (C=O) groups excluding carboxylic acids is 1. The summed E-state index contributed by atoms with van der Waals surface area (Å²) in [4.78, 5) is 25.0. The van der Waals surface area contributed by atoms with Crippen molar-refractivity contribution in [2.75, 3.05) is 18.1 Å². The minimum atomic E-state index is -0.918. The maximum Gasteiger partial charge on any atom is 0.313 e. The Morgan fingerprint density at radius 1 is 1.47 bits per heavy atom. The number of halogens is 1. The first-order valence-corrected chi connectivity index (χ1v) is 7.80. The van der Waals surface area contributed by atoms with Gasteiger partial charge in [0, 0.05) is 11.4 Å². The van der Waals surface area contributed by atoms with E-state index in [0.29, 0.717) is 17.4 Å². The van der Waals surface area contributed by atoms with E-state index in [-0.39, 0.29) is 17.4 Å². The van der Waals surface area contributed by atoms with Gasteiger partial charge in [0.05, 0.1) is 22.4 Å². The summed E-state index contributed by atoms with van der Waals surface area (Å²) in [5, 5.41) is 8.53. The summed E-state index contributed by atoms with van der Waals surface area (Å²) in [6.45, 7) is 4.52. The summed E-state index contributed by atoms with van der Waals surface area (Å²) in [7, 11) is 0. The van der Waals surface area contributed by atoms with E-state index >= 15 is 0 Å². The molecule has 0 fully saturated rings. The quantitative estimate of drug-likeness (QED) is 0.749. The Kier molecular flexibility index (Phi) is 6.97. The zero-order valence-electron chi connectivity index (χ0n) is 10.2. The number of rotatable bonds is 8. The van der Waals surface area contributed by atoms with Crippen molar-refractivity contribution in [3.05, 3.63) is 34.0 Å². The topological polar surface area (TPSA) is 57.6 Å². The highest BCUT2D eigenvalue weighted by molar-refractivity contribution is 8.00. The molecular formula is C12H14ClNO3S2. The number of nitrogens with zero attached hydrogens (tertiary/aromatic N) is 1. The molecule has 1 rings (SSSR count). The zero-order valence-corrected chi connectivity index (χ0v) is 12.6. The van der Waals surface area contributed by atoms with Gasteiger partial charge in [-0.2, -0.15) is 0 Å². The second kappa shape index (κ2) is 8.24. The van der Waals surface area contributed by atoms with Crippen LogP contribution in [0.1, 0.15) is 4.88 Å². The van der Waals surface area contributed by atoms with E-state index < -0.39 is 5.97 Å².